The van der Waals surface area contributed by atoms with Crippen LogP contribution in [0.5, 0.6) is 0 Å². The van der Waals surface area contributed by atoms with Gasteiger partial charge in [0.05, 0.1) is 0 Å². The number of hydrogen-bond donors (Lipinski definition) is 1. The maximum atomic E-state index is 13.0. The molecule has 0 atom stereocenters. The van der Waals surface area contributed by atoms with E-state index in [1.54, 1.807) is 12.1 Å². The predicted octanol–water partition coefficient (Wildman–Crippen LogP) is 6.01. The van der Waals surface area contributed by atoms with Gasteiger partial charge in [-0.3, -0.25) is 4.79 Å². The second-order valence-electron chi connectivity index (χ2n) is 7.12. The number of furan rings is 1. The predicted molar refractivity (Wildman–Crippen MR) is 117 cm³/mol. The largest absolute Gasteiger partial charge is 0.461 e. The van der Waals surface area contributed by atoms with Crippen molar-refractivity contribution in [2.75, 3.05) is 5.32 Å². The van der Waals surface area contributed by atoms with E-state index in [9.17, 15) is 9.18 Å². The minimum atomic E-state index is -0.286. The Balaban J connectivity index is 1.29. The maximum Gasteiger partial charge on any atom is 0.226 e. The van der Waals surface area contributed by atoms with Crippen molar-refractivity contribution in [3.63, 3.8) is 0 Å². The van der Waals surface area contributed by atoms with Crippen LogP contribution in [-0.2, 0) is 17.6 Å². The van der Waals surface area contributed by atoms with Gasteiger partial charge in [-0.25, -0.2) is 9.37 Å². The highest BCUT2D eigenvalue weighted by Crippen LogP contribution is 2.24. The molecule has 0 bridgehead atoms. The monoisotopic (exact) mass is 420 g/mol. The van der Waals surface area contributed by atoms with Crippen molar-refractivity contribution in [3.05, 3.63) is 94.4 Å². The van der Waals surface area contributed by atoms with Crippen LogP contribution in [0.3, 0.4) is 0 Å². The Labute approximate surface area is 178 Å². The molecule has 4 nitrogen and oxygen atoms in total. The first kappa shape index (κ1) is 20.0. The van der Waals surface area contributed by atoms with Gasteiger partial charge in [-0.1, -0.05) is 29.8 Å². The van der Waals surface area contributed by atoms with Gasteiger partial charge in [-0.2, -0.15) is 0 Å². The summed E-state index contributed by atoms with van der Waals surface area (Å²) in [5.41, 5.74) is 3.26. The number of hydrogen-bond acceptors (Lipinski definition) is 4. The normalized spacial score (nSPS) is 10.9. The Hall–Kier alpha value is -3.25. The van der Waals surface area contributed by atoms with E-state index in [4.69, 9.17) is 4.42 Å². The second kappa shape index (κ2) is 9.05. The second-order valence-corrected chi connectivity index (χ2v) is 8.23. The number of nitrogens with zero attached hydrogens (tertiary/aromatic N) is 1. The summed E-state index contributed by atoms with van der Waals surface area (Å²) in [5, 5.41) is 3.47. The number of carbonyl (C=O) groups excluding carboxylic acids is 1. The van der Waals surface area contributed by atoms with Crippen molar-refractivity contribution in [2.24, 2.45) is 0 Å². The molecule has 152 valence electrons. The summed E-state index contributed by atoms with van der Waals surface area (Å²) in [4.78, 5) is 17.7. The SMILES string of the molecule is Cc1cccc(Cc2cnc(NC(=O)CCc3ccc(-c4ccc(F)cc4)o3)s2)c1. The number of carbonyl (C=O) groups is 1. The molecule has 0 aliphatic heterocycles. The van der Waals surface area contributed by atoms with E-state index in [1.165, 1.54) is 34.6 Å². The zero-order valence-electron chi connectivity index (χ0n) is 16.5. The lowest BCUT2D eigenvalue weighted by Gasteiger charge is -2.01. The third kappa shape index (κ3) is 5.21. The van der Waals surface area contributed by atoms with Gasteiger partial charge in [0, 0.05) is 35.9 Å². The number of aromatic nitrogens is 1. The highest BCUT2D eigenvalue weighted by atomic mass is 32.1. The molecule has 0 fully saturated rings. The molecule has 0 aliphatic carbocycles. The Morgan fingerprint density at radius 3 is 2.77 bits per heavy atom. The van der Waals surface area contributed by atoms with Crippen molar-refractivity contribution in [1.82, 2.24) is 4.98 Å². The molecule has 0 unspecified atom stereocenters. The molecule has 0 spiro atoms. The Kier molecular flexibility index (Phi) is 6.05. The van der Waals surface area contributed by atoms with E-state index in [0.29, 0.717) is 29.5 Å². The fraction of sp³-hybridized carbons (Fsp3) is 0.167. The Morgan fingerprint density at radius 2 is 1.97 bits per heavy atom. The number of thiazole rings is 1. The quantitative estimate of drug-likeness (QED) is 0.398. The molecule has 0 saturated heterocycles. The van der Waals surface area contributed by atoms with E-state index in [1.807, 2.05) is 24.4 Å². The highest BCUT2D eigenvalue weighted by Gasteiger charge is 2.10. The first-order valence-corrected chi connectivity index (χ1v) is 10.5. The maximum absolute atomic E-state index is 13.0. The number of amides is 1. The van der Waals surface area contributed by atoms with Crippen molar-refractivity contribution in [3.8, 4) is 11.3 Å². The highest BCUT2D eigenvalue weighted by molar-refractivity contribution is 7.15. The zero-order chi connectivity index (χ0) is 20.9. The summed E-state index contributed by atoms with van der Waals surface area (Å²) in [6.07, 6.45) is 3.38. The van der Waals surface area contributed by atoms with E-state index in [2.05, 4.69) is 35.4 Å². The van der Waals surface area contributed by atoms with E-state index in [-0.39, 0.29) is 11.7 Å². The average molecular weight is 421 g/mol. The van der Waals surface area contributed by atoms with Gasteiger partial charge >= 0.3 is 0 Å². The third-order valence-electron chi connectivity index (χ3n) is 4.65. The Bertz CT molecular complexity index is 1150. The Morgan fingerprint density at radius 1 is 1.13 bits per heavy atom. The number of halogens is 1. The minimum Gasteiger partial charge on any atom is -0.461 e. The van der Waals surface area contributed by atoms with Crippen LogP contribution < -0.4 is 5.32 Å². The van der Waals surface area contributed by atoms with Crippen LogP contribution >= 0.6 is 11.3 Å². The molecular formula is C24H21FN2O2S. The summed E-state index contributed by atoms with van der Waals surface area (Å²) < 4.78 is 18.8. The molecule has 0 saturated carbocycles. The zero-order valence-corrected chi connectivity index (χ0v) is 17.3. The van der Waals surface area contributed by atoms with Gasteiger partial charge in [0.2, 0.25) is 5.91 Å². The fourth-order valence-electron chi connectivity index (χ4n) is 3.17. The first-order valence-electron chi connectivity index (χ1n) is 9.70. The number of rotatable bonds is 7. The number of nitrogens with one attached hydrogen (secondary N) is 1. The lowest BCUT2D eigenvalue weighted by molar-refractivity contribution is -0.116. The average Bonchev–Trinajstić information content (AvgIpc) is 3.37. The summed E-state index contributed by atoms with van der Waals surface area (Å²) in [6.45, 7) is 2.07. The summed E-state index contributed by atoms with van der Waals surface area (Å²) in [5.74, 6) is 0.979. The standard InChI is InChI=1S/C24H21FN2O2S/c1-16-3-2-4-17(13-16)14-21-15-26-24(30-21)27-23(28)12-10-20-9-11-22(29-20)18-5-7-19(25)8-6-18/h2-9,11,13,15H,10,12,14H2,1H3,(H,26,27,28). The van der Waals surface area contributed by atoms with Crippen molar-refractivity contribution in [2.45, 2.75) is 26.2 Å². The summed E-state index contributed by atoms with van der Waals surface area (Å²) in [6, 6.07) is 18.2. The van der Waals surface area contributed by atoms with E-state index in [0.717, 1.165) is 16.9 Å². The summed E-state index contributed by atoms with van der Waals surface area (Å²) >= 11 is 1.49. The topological polar surface area (TPSA) is 55.1 Å². The van der Waals surface area contributed by atoms with E-state index >= 15 is 0 Å². The lowest BCUT2D eigenvalue weighted by Crippen LogP contribution is -2.11. The fourth-order valence-corrected chi connectivity index (χ4v) is 4.03. The molecular weight excluding hydrogens is 399 g/mol. The molecule has 2 aromatic carbocycles. The van der Waals surface area contributed by atoms with Gasteiger partial charge in [0.1, 0.15) is 17.3 Å². The lowest BCUT2D eigenvalue weighted by atomic mass is 10.1. The molecule has 4 aromatic rings. The van der Waals surface area contributed by atoms with Crippen molar-refractivity contribution in [1.29, 1.82) is 0 Å². The van der Waals surface area contributed by atoms with Crippen LogP contribution in [0.1, 0.15) is 28.2 Å². The van der Waals surface area contributed by atoms with Gasteiger partial charge in [0.15, 0.2) is 5.13 Å². The minimum absolute atomic E-state index is 0.105. The van der Waals surface area contributed by atoms with E-state index < -0.39 is 0 Å². The van der Waals surface area contributed by atoms with Crippen LogP contribution in [0, 0.1) is 12.7 Å². The molecule has 30 heavy (non-hydrogen) atoms. The first-order chi connectivity index (χ1) is 14.5. The van der Waals surface area contributed by atoms with Crippen LogP contribution in [0.2, 0.25) is 0 Å². The van der Waals surface area contributed by atoms with Crippen LogP contribution in [0.4, 0.5) is 9.52 Å². The smallest absolute Gasteiger partial charge is 0.226 e. The number of benzene rings is 2. The van der Waals surface area contributed by atoms with Crippen molar-refractivity contribution >= 4 is 22.4 Å². The van der Waals surface area contributed by atoms with Gasteiger partial charge in [-0.05, 0) is 48.9 Å². The number of aryl methyl sites for hydroxylation is 2. The van der Waals surface area contributed by atoms with Crippen LogP contribution in [-0.4, -0.2) is 10.9 Å². The van der Waals surface area contributed by atoms with Gasteiger partial charge in [0.25, 0.3) is 0 Å². The molecule has 2 heterocycles. The van der Waals surface area contributed by atoms with Gasteiger partial charge < -0.3 is 9.73 Å². The van der Waals surface area contributed by atoms with Crippen LogP contribution in [0.25, 0.3) is 11.3 Å². The van der Waals surface area contributed by atoms with Crippen molar-refractivity contribution < 1.29 is 13.6 Å². The molecule has 1 amide bonds. The molecule has 0 aliphatic rings. The molecule has 0 radical (unpaired) electrons. The number of anilines is 1. The summed E-state index contributed by atoms with van der Waals surface area (Å²) in [7, 11) is 0. The van der Waals surface area contributed by atoms with Gasteiger partial charge in [-0.15, -0.1) is 11.3 Å². The third-order valence-corrected chi connectivity index (χ3v) is 5.56. The van der Waals surface area contributed by atoms with Crippen LogP contribution in [0.15, 0.2) is 71.3 Å². The molecule has 2 aromatic heterocycles. The molecule has 4 rings (SSSR count). The molecule has 1 N–H and O–H groups in total. The molecule has 6 heteroatoms.